The zero-order chi connectivity index (χ0) is 14.1. The van der Waals surface area contributed by atoms with Crippen molar-refractivity contribution in [3.63, 3.8) is 0 Å². The van der Waals surface area contributed by atoms with Crippen molar-refractivity contribution in [3.8, 4) is 12.3 Å². The molecule has 102 valence electrons. The first-order chi connectivity index (χ1) is 9.24. The predicted octanol–water partition coefficient (Wildman–Crippen LogP) is 2.99. The molecule has 0 aliphatic heterocycles. The van der Waals surface area contributed by atoms with Gasteiger partial charge in [-0.3, -0.25) is 4.79 Å². The molecule has 0 aliphatic rings. The number of benzene rings is 1. The van der Waals surface area contributed by atoms with Crippen molar-refractivity contribution in [2.75, 3.05) is 25.0 Å². The van der Waals surface area contributed by atoms with E-state index in [4.69, 9.17) is 6.42 Å². The second kappa shape index (κ2) is 8.20. The lowest BCUT2D eigenvalue weighted by Crippen LogP contribution is -2.32. The van der Waals surface area contributed by atoms with Crippen molar-refractivity contribution in [3.05, 3.63) is 29.8 Å². The van der Waals surface area contributed by atoms with Crippen molar-refractivity contribution >= 4 is 11.6 Å². The largest absolute Gasteiger partial charge is 0.384 e. The number of anilines is 1. The van der Waals surface area contributed by atoms with Gasteiger partial charge in [-0.2, -0.15) is 0 Å². The van der Waals surface area contributed by atoms with Crippen LogP contribution in [0, 0.1) is 12.3 Å². The van der Waals surface area contributed by atoms with E-state index in [0.29, 0.717) is 18.7 Å². The molecule has 0 saturated carbocycles. The van der Waals surface area contributed by atoms with E-state index in [-0.39, 0.29) is 5.91 Å². The summed E-state index contributed by atoms with van der Waals surface area (Å²) in [6.45, 7) is 6.03. The Kier molecular flexibility index (Phi) is 6.52. The Hall–Kier alpha value is -1.95. The molecule has 1 aromatic rings. The molecule has 0 saturated heterocycles. The van der Waals surface area contributed by atoms with E-state index in [1.165, 1.54) is 0 Å². The summed E-state index contributed by atoms with van der Waals surface area (Å²) in [5.41, 5.74) is 1.58. The summed E-state index contributed by atoms with van der Waals surface area (Å²) in [7, 11) is 0. The van der Waals surface area contributed by atoms with Gasteiger partial charge >= 0.3 is 0 Å². The summed E-state index contributed by atoms with van der Waals surface area (Å²) < 4.78 is 0. The fourth-order valence-corrected chi connectivity index (χ4v) is 1.89. The topological polar surface area (TPSA) is 32.3 Å². The van der Waals surface area contributed by atoms with Gasteiger partial charge in [-0.1, -0.05) is 31.9 Å². The maximum atomic E-state index is 12.5. The van der Waals surface area contributed by atoms with E-state index in [2.05, 4.69) is 18.2 Å². The van der Waals surface area contributed by atoms with Gasteiger partial charge in [0.25, 0.3) is 5.91 Å². The van der Waals surface area contributed by atoms with Crippen LogP contribution in [0.15, 0.2) is 24.3 Å². The molecule has 0 aliphatic carbocycles. The quantitative estimate of drug-likeness (QED) is 0.763. The van der Waals surface area contributed by atoms with Gasteiger partial charge in [-0.25, -0.2) is 0 Å². The van der Waals surface area contributed by atoms with Crippen LogP contribution in [0.3, 0.4) is 0 Å². The van der Waals surface area contributed by atoms with Gasteiger partial charge in [0.05, 0.1) is 12.1 Å². The first kappa shape index (κ1) is 15.1. The number of carbonyl (C=O) groups is 1. The van der Waals surface area contributed by atoms with E-state index >= 15 is 0 Å². The fraction of sp³-hybridized carbons (Fsp3) is 0.438. The minimum Gasteiger partial charge on any atom is -0.384 e. The van der Waals surface area contributed by atoms with Crippen LogP contribution in [0.1, 0.15) is 37.0 Å². The average Bonchev–Trinajstić information content (AvgIpc) is 2.44. The minimum atomic E-state index is -0.000923. The number of carbonyl (C=O) groups excluding carboxylic acids is 1. The zero-order valence-electron chi connectivity index (χ0n) is 11.8. The zero-order valence-corrected chi connectivity index (χ0v) is 11.8. The molecule has 0 aromatic heterocycles. The Balaban J connectivity index is 2.93. The molecular weight excluding hydrogens is 236 g/mol. The van der Waals surface area contributed by atoms with E-state index in [9.17, 15) is 4.79 Å². The third-order valence-corrected chi connectivity index (χ3v) is 2.79. The van der Waals surface area contributed by atoms with Gasteiger partial charge in [0.15, 0.2) is 0 Å². The number of nitrogens with zero attached hydrogens (tertiary/aromatic N) is 1. The third-order valence-electron chi connectivity index (χ3n) is 2.79. The summed E-state index contributed by atoms with van der Waals surface area (Å²) in [4.78, 5) is 14.2. The van der Waals surface area contributed by atoms with Crippen molar-refractivity contribution in [2.45, 2.75) is 26.7 Å². The first-order valence-electron chi connectivity index (χ1n) is 6.80. The number of nitrogens with one attached hydrogen (secondary N) is 1. The fourth-order valence-electron chi connectivity index (χ4n) is 1.89. The van der Waals surface area contributed by atoms with Gasteiger partial charge in [-0.05, 0) is 25.0 Å². The first-order valence-corrected chi connectivity index (χ1v) is 6.80. The Morgan fingerprint density at radius 2 is 2.05 bits per heavy atom. The molecular formula is C16H22N2O. The monoisotopic (exact) mass is 258 g/mol. The van der Waals surface area contributed by atoms with Gasteiger partial charge < -0.3 is 10.2 Å². The number of para-hydroxylation sites is 1. The summed E-state index contributed by atoms with van der Waals surface area (Å²) in [6.07, 6.45) is 7.25. The van der Waals surface area contributed by atoms with Gasteiger partial charge in [0.1, 0.15) is 0 Å². The maximum Gasteiger partial charge on any atom is 0.256 e. The molecule has 3 heteroatoms. The molecule has 0 atom stereocenters. The van der Waals surface area contributed by atoms with E-state index < -0.39 is 0 Å². The summed E-state index contributed by atoms with van der Waals surface area (Å²) in [5, 5.41) is 3.28. The Labute approximate surface area is 116 Å². The van der Waals surface area contributed by atoms with Gasteiger partial charge in [0.2, 0.25) is 0 Å². The second-order valence-corrected chi connectivity index (χ2v) is 4.40. The lowest BCUT2D eigenvalue weighted by Gasteiger charge is -2.21. The van der Waals surface area contributed by atoms with Crippen LogP contribution in [0.25, 0.3) is 0 Å². The standard InChI is InChI=1S/C16H22N2O/c1-4-11-17-15-10-8-7-9-14(15)16(19)18(12-5-2)13-6-3/h2,7-10,17H,4,6,11-13H2,1,3H3. The van der Waals surface area contributed by atoms with Gasteiger partial charge in [0, 0.05) is 18.8 Å². The Morgan fingerprint density at radius 3 is 2.68 bits per heavy atom. The summed E-state index contributed by atoms with van der Waals surface area (Å²) in [5.74, 6) is 2.55. The molecule has 1 rings (SSSR count). The van der Waals surface area contributed by atoms with Crippen molar-refractivity contribution < 1.29 is 4.79 Å². The SMILES string of the molecule is C#CCN(CCC)C(=O)c1ccccc1NCCC. The van der Waals surface area contributed by atoms with Crippen LogP contribution < -0.4 is 5.32 Å². The van der Waals surface area contributed by atoms with E-state index in [1.807, 2.05) is 31.2 Å². The number of hydrogen-bond donors (Lipinski definition) is 1. The van der Waals surface area contributed by atoms with Gasteiger partial charge in [-0.15, -0.1) is 6.42 Å². The lowest BCUT2D eigenvalue weighted by atomic mass is 10.1. The lowest BCUT2D eigenvalue weighted by molar-refractivity contribution is 0.0778. The Bertz CT molecular complexity index is 448. The highest BCUT2D eigenvalue weighted by Crippen LogP contribution is 2.17. The number of terminal acetylenes is 1. The predicted molar refractivity (Wildman–Crippen MR) is 80.3 cm³/mol. The molecule has 0 spiro atoms. The molecule has 0 unspecified atom stereocenters. The van der Waals surface area contributed by atoms with Crippen molar-refractivity contribution in [1.29, 1.82) is 0 Å². The second-order valence-electron chi connectivity index (χ2n) is 4.40. The molecule has 19 heavy (non-hydrogen) atoms. The highest BCUT2D eigenvalue weighted by Gasteiger charge is 2.16. The summed E-state index contributed by atoms with van der Waals surface area (Å²) >= 11 is 0. The minimum absolute atomic E-state index is 0.000923. The van der Waals surface area contributed by atoms with E-state index in [1.54, 1.807) is 4.90 Å². The number of hydrogen-bond acceptors (Lipinski definition) is 2. The van der Waals surface area contributed by atoms with Crippen LogP contribution in [-0.4, -0.2) is 30.4 Å². The molecule has 0 bridgehead atoms. The van der Waals surface area contributed by atoms with Crippen molar-refractivity contribution in [2.24, 2.45) is 0 Å². The highest BCUT2D eigenvalue weighted by atomic mass is 16.2. The third kappa shape index (κ3) is 4.33. The Morgan fingerprint density at radius 1 is 1.32 bits per heavy atom. The molecule has 1 N–H and O–H groups in total. The van der Waals surface area contributed by atoms with Crippen molar-refractivity contribution in [1.82, 2.24) is 4.90 Å². The number of amides is 1. The van der Waals surface area contributed by atoms with Crippen LogP contribution in [0.4, 0.5) is 5.69 Å². The normalized spacial score (nSPS) is 9.74. The van der Waals surface area contributed by atoms with Crippen LogP contribution in [-0.2, 0) is 0 Å². The highest BCUT2D eigenvalue weighted by molar-refractivity contribution is 5.99. The summed E-state index contributed by atoms with van der Waals surface area (Å²) in [6, 6.07) is 7.59. The number of rotatable bonds is 7. The molecule has 0 radical (unpaired) electrons. The molecule has 0 heterocycles. The van der Waals surface area contributed by atoms with Crippen LogP contribution >= 0.6 is 0 Å². The smallest absolute Gasteiger partial charge is 0.256 e. The molecule has 0 fully saturated rings. The molecule has 1 aromatic carbocycles. The molecule has 3 nitrogen and oxygen atoms in total. The maximum absolute atomic E-state index is 12.5. The average molecular weight is 258 g/mol. The van der Waals surface area contributed by atoms with E-state index in [0.717, 1.165) is 25.1 Å². The molecule has 1 amide bonds. The van der Waals surface area contributed by atoms with Crippen LogP contribution in [0.2, 0.25) is 0 Å². The van der Waals surface area contributed by atoms with Crippen LogP contribution in [0.5, 0.6) is 0 Å².